The lowest BCUT2D eigenvalue weighted by molar-refractivity contribution is -0.174. The molecule has 1 atom stereocenters. The Morgan fingerprint density at radius 2 is 1.59 bits per heavy atom. The second-order valence-electron chi connectivity index (χ2n) is 8.55. The van der Waals surface area contributed by atoms with Crippen LogP contribution in [-0.4, -0.2) is 51.6 Å². The van der Waals surface area contributed by atoms with Gasteiger partial charge in [-0.2, -0.15) is 13.2 Å². The Morgan fingerprint density at radius 1 is 0.949 bits per heavy atom. The van der Waals surface area contributed by atoms with E-state index in [2.05, 4.69) is 10.1 Å². The van der Waals surface area contributed by atoms with Crippen LogP contribution in [0, 0.1) is 0 Å². The maximum atomic E-state index is 13.3. The van der Waals surface area contributed by atoms with E-state index in [1.165, 1.54) is 18.2 Å². The molecule has 15 heteroatoms. The SMILES string of the molecule is CS(=O)(=O)N(c1cccc(CC(NC(=O)C(F)(F)F)c2ccccc2-c2noc3ccccc23)n1)S(C)(=O)=O. The summed E-state index contributed by atoms with van der Waals surface area (Å²) in [6, 6.07) is 15.6. The summed E-state index contributed by atoms with van der Waals surface area (Å²) in [7, 11) is -8.65. The minimum atomic E-state index is -5.20. The van der Waals surface area contributed by atoms with E-state index in [1.54, 1.807) is 42.5 Å². The molecule has 206 valence electrons. The van der Waals surface area contributed by atoms with E-state index in [0.717, 1.165) is 6.07 Å². The topological polar surface area (TPSA) is 140 Å². The zero-order valence-electron chi connectivity index (χ0n) is 20.4. The van der Waals surface area contributed by atoms with Gasteiger partial charge in [0, 0.05) is 23.1 Å². The molecule has 1 unspecified atom stereocenters. The minimum Gasteiger partial charge on any atom is -0.356 e. The van der Waals surface area contributed by atoms with Crippen molar-refractivity contribution in [2.45, 2.75) is 18.6 Å². The minimum absolute atomic E-state index is 0.0112. The number of benzene rings is 2. The van der Waals surface area contributed by atoms with Crippen LogP contribution in [0.4, 0.5) is 19.0 Å². The van der Waals surface area contributed by atoms with Crippen LogP contribution in [0.5, 0.6) is 0 Å². The van der Waals surface area contributed by atoms with Gasteiger partial charge in [-0.25, -0.2) is 21.8 Å². The Morgan fingerprint density at radius 3 is 2.26 bits per heavy atom. The summed E-state index contributed by atoms with van der Waals surface area (Å²) in [5.74, 6) is -2.69. The highest BCUT2D eigenvalue weighted by atomic mass is 32.3. The first-order valence-electron chi connectivity index (χ1n) is 11.1. The number of para-hydroxylation sites is 1. The van der Waals surface area contributed by atoms with Gasteiger partial charge in [-0.3, -0.25) is 4.79 Å². The number of pyridine rings is 1. The van der Waals surface area contributed by atoms with E-state index in [0.29, 0.717) is 34.7 Å². The zero-order valence-corrected chi connectivity index (χ0v) is 22.0. The van der Waals surface area contributed by atoms with Crippen LogP contribution < -0.4 is 9.03 Å². The van der Waals surface area contributed by atoms with Crippen LogP contribution in [0.2, 0.25) is 0 Å². The van der Waals surface area contributed by atoms with Crippen LogP contribution in [0.3, 0.4) is 0 Å². The normalized spacial score (nSPS) is 13.3. The average Bonchev–Trinajstić information content (AvgIpc) is 3.25. The summed E-state index contributed by atoms with van der Waals surface area (Å²) in [6.07, 6.45) is -4.21. The molecule has 2 aromatic heterocycles. The quantitative estimate of drug-likeness (QED) is 0.333. The number of aromatic nitrogens is 2. The van der Waals surface area contributed by atoms with Crippen LogP contribution in [-0.2, 0) is 31.3 Å². The molecular weight excluding hydrogens is 561 g/mol. The molecule has 39 heavy (non-hydrogen) atoms. The van der Waals surface area contributed by atoms with E-state index < -0.39 is 44.0 Å². The van der Waals surface area contributed by atoms with E-state index in [4.69, 9.17) is 4.52 Å². The number of rotatable bonds is 8. The lowest BCUT2D eigenvalue weighted by Crippen LogP contribution is -2.40. The molecule has 0 fully saturated rings. The largest absolute Gasteiger partial charge is 0.471 e. The first-order valence-corrected chi connectivity index (χ1v) is 14.8. The molecule has 4 rings (SSSR count). The van der Waals surface area contributed by atoms with Crippen molar-refractivity contribution in [1.29, 1.82) is 0 Å². The Kier molecular flexibility index (Phi) is 7.40. The summed E-state index contributed by atoms with van der Waals surface area (Å²) in [4.78, 5) is 16.1. The van der Waals surface area contributed by atoms with E-state index in [9.17, 15) is 34.8 Å². The number of fused-ring (bicyclic) bond motifs is 1. The number of carbonyl (C=O) groups is 1. The molecule has 0 saturated heterocycles. The van der Waals surface area contributed by atoms with Crippen molar-refractivity contribution < 1.29 is 39.3 Å². The molecule has 1 amide bonds. The number of anilines is 1. The molecule has 10 nitrogen and oxygen atoms in total. The number of alkyl halides is 3. The van der Waals surface area contributed by atoms with Gasteiger partial charge in [0.2, 0.25) is 20.0 Å². The third-order valence-corrected chi connectivity index (χ3v) is 8.73. The average molecular weight is 583 g/mol. The van der Waals surface area contributed by atoms with Crippen molar-refractivity contribution in [3.8, 4) is 11.3 Å². The molecule has 2 heterocycles. The molecule has 0 bridgehead atoms. The third-order valence-electron chi connectivity index (χ3n) is 5.53. The van der Waals surface area contributed by atoms with Crippen molar-refractivity contribution in [2.24, 2.45) is 0 Å². The second-order valence-corrected chi connectivity index (χ2v) is 12.4. The predicted molar refractivity (Wildman–Crippen MR) is 136 cm³/mol. The number of halogens is 3. The molecule has 0 radical (unpaired) electrons. The Hall–Kier alpha value is -3.98. The maximum absolute atomic E-state index is 13.3. The maximum Gasteiger partial charge on any atom is 0.471 e. The molecule has 4 aromatic rings. The third kappa shape index (κ3) is 6.20. The summed E-state index contributed by atoms with van der Waals surface area (Å²) in [6.45, 7) is 0. The standard InChI is InChI=1S/C24H21F3N4O6S2/c1-38(33,34)31(39(2,35)36)21-13-7-8-15(28-21)14-19(29-23(32)24(25,26)27)16-9-3-4-10-17(16)22-18-11-5-6-12-20(18)37-30-22/h3-13,19H,14H2,1-2H3,(H,29,32). The lowest BCUT2D eigenvalue weighted by Gasteiger charge is -2.23. The second kappa shape index (κ2) is 10.3. The summed E-state index contributed by atoms with van der Waals surface area (Å²) in [5.41, 5.74) is 1.39. The van der Waals surface area contributed by atoms with E-state index >= 15 is 0 Å². The zero-order chi connectivity index (χ0) is 28.6. The predicted octanol–water partition coefficient (Wildman–Crippen LogP) is 3.58. The Balaban J connectivity index is 1.82. The Labute approximate surface area is 221 Å². The summed E-state index contributed by atoms with van der Waals surface area (Å²) < 4.78 is 94.0. The summed E-state index contributed by atoms with van der Waals surface area (Å²) in [5, 5.41) is 6.62. The van der Waals surface area contributed by atoms with E-state index in [-0.39, 0.29) is 21.4 Å². The van der Waals surface area contributed by atoms with Gasteiger partial charge in [-0.15, -0.1) is 3.71 Å². The molecular formula is C24H21F3N4O6S2. The van der Waals surface area contributed by atoms with Gasteiger partial charge in [-0.1, -0.05) is 47.6 Å². The van der Waals surface area contributed by atoms with Crippen molar-refractivity contribution in [3.63, 3.8) is 0 Å². The molecule has 2 aromatic carbocycles. The van der Waals surface area contributed by atoms with Gasteiger partial charge >= 0.3 is 12.1 Å². The van der Waals surface area contributed by atoms with Crippen molar-refractivity contribution in [1.82, 2.24) is 15.5 Å². The number of nitrogens with zero attached hydrogens (tertiary/aromatic N) is 3. The van der Waals surface area contributed by atoms with Gasteiger partial charge in [0.1, 0.15) is 5.69 Å². The highest BCUT2D eigenvalue weighted by molar-refractivity contribution is 8.09. The fraction of sp³-hybridized carbons (Fsp3) is 0.208. The van der Waals surface area contributed by atoms with Crippen molar-refractivity contribution in [3.05, 3.63) is 78.0 Å². The molecule has 0 spiro atoms. The number of nitrogens with one attached hydrogen (secondary N) is 1. The van der Waals surface area contributed by atoms with Crippen molar-refractivity contribution >= 4 is 42.7 Å². The van der Waals surface area contributed by atoms with E-state index in [1.807, 2.05) is 5.32 Å². The monoisotopic (exact) mass is 582 g/mol. The number of carbonyl (C=O) groups excluding carboxylic acids is 1. The molecule has 1 N–H and O–H groups in total. The highest BCUT2D eigenvalue weighted by Gasteiger charge is 2.40. The van der Waals surface area contributed by atoms with Crippen LogP contribution in [0.15, 0.2) is 71.3 Å². The lowest BCUT2D eigenvalue weighted by atomic mass is 9.93. The van der Waals surface area contributed by atoms with Gasteiger partial charge in [0.15, 0.2) is 11.4 Å². The van der Waals surface area contributed by atoms with Crippen LogP contribution in [0.1, 0.15) is 17.3 Å². The number of hydrogen-bond donors (Lipinski definition) is 1. The molecule has 0 aliphatic heterocycles. The van der Waals surface area contributed by atoms with Crippen molar-refractivity contribution in [2.75, 3.05) is 16.2 Å². The molecule has 0 aliphatic carbocycles. The fourth-order valence-corrected chi connectivity index (χ4v) is 6.90. The van der Waals surface area contributed by atoms with Gasteiger partial charge < -0.3 is 9.84 Å². The molecule has 0 aliphatic rings. The fourth-order valence-electron chi connectivity index (χ4n) is 4.05. The first-order chi connectivity index (χ1) is 18.2. The summed E-state index contributed by atoms with van der Waals surface area (Å²) >= 11 is 0. The highest BCUT2D eigenvalue weighted by Crippen LogP contribution is 2.34. The van der Waals surface area contributed by atoms with Gasteiger partial charge in [-0.05, 0) is 29.8 Å². The number of amides is 1. The number of hydrogen-bond acceptors (Lipinski definition) is 8. The first kappa shape index (κ1) is 28.0. The molecule has 0 saturated carbocycles. The van der Waals surface area contributed by atoms with Crippen LogP contribution >= 0.6 is 0 Å². The van der Waals surface area contributed by atoms with Gasteiger partial charge in [0.05, 0.1) is 18.6 Å². The van der Waals surface area contributed by atoms with Gasteiger partial charge in [0.25, 0.3) is 0 Å². The number of sulfonamides is 2. The van der Waals surface area contributed by atoms with Crippen LogP contribution in [0.25, 0.3) is 22.2 Å². The Bertz CT molecular complexity index is 1720. The smallest absolute Gasteiger partial charge is 0.356 e.